The van der Waals surface area contributed by atoms with Crippen molar-refractivity contribution in [3.8, 4) is 0 Å². The summed E-state index contributed by atoms with van der Waals surface area (Å²) in [5, 5.41) is 4.87. The topological polar surface area (TPSA) is 34.2 Å². The average Bonchev–Trinajstić information content (AvgIpc) is 2.73. The summed E-state index contributed by atoms with van der Waals surface area (Å²) in [7, 11) is 0. The van der Waals surface area contributed by atoms with Gasteiger partial charge in [-0.15, -0.1) is 11.3 Å². The number of ether oxygens (including phenoxy) is 1. The molecule has 1 aromatic heterocycles. The van der Waals surface area contributed by atoms with Crippen LogP contribution in [0.2, 0.25) is 0 Å². The maximum Gasteiger partial charge on any atom is 0.0981 e. The van der Waals surface area contributed by atoms with Gasteiger partial charge in [-0.05, 0) is 26.7 Å². The third kappa shape index (κ3) is 4.26. The van der Waals surface area contributed by atoms with E-state index in [1.165, 1.54) is 9.88 Å². The van der Waals surface area contributed by atoms with Gasteiger partial charge in [-0.2, -0.15) is 0 Å². The van der Waals surface area contributed by atoms with E-state index < -0.39 is 0 Å². The van der Waals surface area contributed by atoms with Crippen LogP contribution in [0, 0.1) is 0 Å². The van der Waals surface area contributed by atoms with E-state index in [2.05, 4.69) is 44.9 Å². The van der Waals surface area contributed by atoms with Crippen molar-refractivity contribution in [1.29, 1.82) is 0 Å². The van der Waals surface area contributed by atoms with Gasteiger partial charge in [0.1, 0.15) is 0 Å². The molecule has 1 aliphatic rings. The Morgan fingerprint density at radius 1 is 1.47 bits per heavy atom. The fraction of sp³-hybridized carbons (Fsp3) is 0.800. The molecule has 1 saturated heterocycles. The van der Waals surface area contributed by atoms with Crippen LogP contribution in [-0.2, 0) is 16.7 Å². The minimum absolute atomic E-state index is 0.0141. The van der Waals surface area contributed by atoms with Gasteiger partial charge in [0, 0.05) is 35.7 Å². The zero-order valence-electron chi connectivity index (χ0n) is 12.7. The summed E-state index contributed by atoms with van der Waals surface area (Å²) in [6, 6.07) is 0.559. The number of hydrogen-bond acceptors (Lipinski definition) is 4. The fourth-order valence-electron chi connectivity index (χ4n) is 2.39. The lowest BCUT2D eigenvalue weighted by molar-refractivity contribution is -0.0630. The summed E-state index contributed by atoms with van der Waals surface area (Å²) in [5.74, 6) is 0. The van der Waals surface area contributed by atoms with Gasteiger partial charge in [-0.1, -0.05) is 20.8 Å². The van der Waals surface area contributed by atoms with Gasteiger partial charge in [-0.3, -0.25) is 0 Å². The predicted molar refractivity (Wildman–Crippen MR) is 80.7 cm³/mol. The molecule has 2 heterocycles. The highest BCUT2D eigenvalue weighted by atomic mass is 32.1. The SMILES string of the molecule is CC1(C)CC(NCc2cnc(C(C)(C)C)s2)CCO1. The molecule has 0 radical (unpaired) electrons. The second kappa shape index (κ2) is 5.51. The molecule has 1 unspecified atom stereocenters. The lowest BCUT2D eigenvalue weighted by Crippen LogP contribution is -2.43. The van der Waals surface area contributed by atoms with Crippen LogP contribution in [0.3, 0.4) is 0 Å². The Morgan fingerprint density at radius 2 is 2.21 bits per heavy atom. The first-order valence-corrected chi connectivity index (χ1v) is 7.90. The molecule has 1 atom stereocenters. The predicted octanol–water partition coefficient (Wildman–Crippen LogP) is 3.49. The van der Waals surface area contributed by atoms with Gasteiger partial charge in [0.05, 0.1) is 10.6 Å². The van der Waals surface area contributed by atoms with Crippen molar-refractivity contribution in [2.45, 2.75) is 71.1 Å². The summed E-state index contributed by atoms with van der Waals surface area (Å²) >= 11 is 1.82. The highest BCUT2D eigenvalue weighted by molar-refractivity contribution is 7.11. The van der Waals surface area contributed by atoms with Crippen LogP contribution < -0.4 is 5.32 Å². The van der Waals surface area contributed by atoms with Gasteiger partial charge in [0.25, 0.3) is 0 Å². The molecular formula is C15H26N2OS. The Bertz CT molecular complexity index is 420. The van der Waals surface area contributed by atoms with Crippen LogP contribution in [0.5, 0.6) is 0 Å². The molecule has 2 rings (SSSR count). The molecule has 4 heteroatoms. The number of thiazole rings is 1. The molecule has 0 amide bonds. The summed E-state index contributed by atoms with van der Waals surface area (Å²) in [5.41, 5.74) is 0.170. The monoisotopic (exact) mass is 282 g/mol. The normalized spacial score (nSPS) is 23.5. The van der Waals surface area contributed by atoms with Crippen LogP contribution in [0.15, 0.2) is 6.20 Å². The minimum atomic E-state index is 0.0141. The van der Waals surface area contributed by atoms with Gasteiger partial charge in [0.15, 0.2) is 0 Å². The largest absolute Gasteiger partial charge is 0.375 e. The second-order valence-corrected chi connectivity index (χ2v) is 8.18. The van der Waals surface area contributed by atoms with Crippen LogP contribution in [0.4, 0.5) is 0 Å². The Morgan fingerprint density at radius 3 is 2.79 bits per heavy atom. The Balaban J connectivity index is 1.87. The molecule has 1 aliphatic heterocycles. The molecule has 0 aromatic carbocycles. The number of hydrogen-bond donors (Lipinski definition) is 1. The molecular weight excluding hydrogens is 256 g/mol. The molecule has 0 aliphatic carbocycles. The van der Waals surface area contributed by atoms with Crippen molar-refractivity contribution in [3.05, 3.63) is 16.1 Å². The van der Waals surface area contributed by atoms with E-state index in [4.69, 9.17) is 4.74 Å². The van der Waals surface area contributed by atoms with Crippen molar-refractivity contribution < 1.29 is 4.74 Å². The van der Waals surface area contributed by atoms with Crippen molar-refractivity contribution in [3.63, 3.8) is 0 Å². The first-order valence-electron chi connectivity index (χ1n) is 7.09. The molecule has 0 spiro atoms. The maximum atomic E-state index is 5.75. The molecule has 108 valence electrons. The fourth-order valence-corrected chi connectivity index (χ4v) is 3.31. The molecule has 1 aromatic rings. The summed E-state index contributed by atoms with van der Waals surface area (Å²) in [4.78, 5) is 5.86. The molecule has 1 fully saturated rings. The minimum Gasteiger partial charge on any atom is -0.375 e. The van der Waals surface area contributed by atoms with Crippen molar-refractivity contribution in [2.75, 3.05) is 6.61 Å². The zero-order valence-corrected chi connectivity index (χ0v) is 13.6. The molecule has 19 heavy (non-hydrogen) atoms. The average molecular weight is 282 g/mol. The first-order chi connectivity index (χ1) is 8.76. The van der Waals surface area contributed by atoms with Crippen molar-refractivity contribution >= 4 is 11.3 Å². The lowest BCUT2D eigenvalue weighted by Gasteiger charge is -2.35. The quantitative estimate of drug-likeness (QED) is 0.921. The molecule has 0 bridgehead atoms. The number of rotatable bonds is 3. The molecule has 1 N–H and O–H groups in total. The van der Waals surface area contributed by atoms with E-state index in [1.807, 2.05) is 17.5 Å². The smallest absolute Gasteiger partial charge is 0.0981 e. The van der Waals surface area contributed by atoms with Gasteiger partial charge < -0.3 is 10.1 Å². The molecule has 0 saturated carbocycles. The van der Waals surface area contributed by atoms with Gasteiger partial charge in [-0.25, -0.2) is 4.98 Å². The van der Waals surface area contributed by atoms with E-state index in [9.17, 15) is 0 Å². The van der Waals surface area contributed by atoms with E-state index in [0.29, 0.717) is 6.04 Å². The summed E-state index contributed by atoms with van der Waals surface area (Å²) in [6.07, 6.45) is 4.20. The summed E-state index contributed by atoms with van der Waals surface area (Å²) < 4.78 is 5.75. The van der Waals surface area contributed by atoms with Gasteiger partial charge >= 0.3 is 0 Å². The molecule has 3 nitrogen and oxygen atoms in total. The number of aromatic nitrogens is 1. The zero-order chi connectivity index (χ0) is 14.1. The highest BCUT2D eigenvalue weighted by Gasteiger charge is 2.28. The second-order valence-electron chi connectivity index (χ2n) is 7.06. The maximum absolute atomic E-state index is 5.75. The third-order valence-corrected chi connectivity index (χ3v) is 4.88. The van der Waals surface area contributed by atoms with Crippen LogP contribution in [0.1, 0.15) is 57.3 Å². The Hall–Kier alpha value is -0.450. The lowest BCUT2D eigenvalue weighted by atomic mass is 9.94. The number of nitrogens with zero attached hydrogens (tertiary/aromatic N) is 1. The van der Waals surface area contributed by atoms with E-state index in [1.54, 1.807) is 0 Å². The van der Waals surface area contributed by atoms with E-state index in [-0.39, 0.29) is 11.0 Å². The Kier molecular flexibility index (Phi) is 4.33. The van der Waals surface area contributed by atoms with E-state index in [0.717, 1.165) is 26.0 Å². The van der Waals surface area contributed by atoms with E-state index >= 15 is 0 Å². The van der Waals surface area contributed by atoms with Crippen LogP contribution >= 0.6 is 11.3 Å². The standard InChI is InChI=1S/C15H26N2OS/c1-14(2,3)13-17-10-12(19-13)9-16-11-6-7-18-15(4,5)8-11/h10-11,16H,6-9H2,1-5H3. The summed E-state index contributed by atoms with van der Waals surface area (Å²) in [6.45, 7) is 12.8. The third-order valence-electron chi connectivity index (χ3n) is 3.46. The van der Waals surface area contributed by atoms with Crippen LogP contribution in [0.25, 0.3) is 0 Å². The van der Waals surface area contributed by atoms with Gasteiger partial charge in [0.2, 0.25) is 0 Å². The van der Waals surface area contributed by atoms with Crippen LogP contribution in [-0.4, -0.2) is 23.2 Å². The number of nitrogens with one attached hydrogen (secondary N) is 1. The first kappa shape index (κ1) is 14.9. The highest BCUT2D eigenvalue weighted by Crippen LogP contribution is 2.27. The van der Waals surface area contributed by atoms with Crippen molar-refractivity contribution in [1.82, 2.24) is 10.3 Å². The Labute approximate surface area is 120 Å². The van der Waals surface area contributed by atoms with Crippen molar-refractivity contribution in [2.24, 2.45) is 0 Å².